The molecule has 1 saturated heterocycles. The minimum absolute atomic E-state index is 0.224. The summed E-state index contributed by atoms with van der Waals surface area (Å²) in [6.45, 7) is 4.60. The topological polar surface area (TPSA) is 46.5 Å². The van der Waals surface area contributed by atoms with Crippen molar-refractivity contribution in [3.63, 3.8) is 0 Å². The fraction of sp³-hybridized carbons (Fsp3) is 0.900. The minimum atomic E-state index is -0.679. The summed E-state index contributed by atoms with van der Waals surface area (Å²) in [5.41, 5.74) is 0. The quantitative estimate of drug-likeness (QED) is 0.732. The molecule has 1 rings (SSSR count). The van der Waals surface area contributed by atoms with Gasteiger partial charge in [-0.3, -0.25) is 4.79 Å². The fourth-order valence-corrected chi connectivity index (χ4v) is 1.85. The zero-order chi connectivity index (χ0) is 9.84. The maximum Gasteiger partial charge on any atom is 0.306 e. The Hall–Kier alpha value is -0.570. The lowest BCUT2D eigenvalue weighted by Crippen LogP contribution is -2.31. The van der Waals surface area contributed by atoms with Gasteiger partial charge in [0.15, 0.2) is 0 Å². The molecule has 1 fully saturated rings. The van der Waals surface area contributed by atoms with E-state index in [2.05, 4.69) is 6.92 Å². The van der Waals surface area contributed by atoms with E-state index in [1.54, 1.807) is 6.92 Å². The van der Waals surface area contributed by atoms with E-state index in [9.17, 15) is 4.79 Å². The van der Waals surface area contributed by atoms with Crippen LogP contribution in [0, 0.1) is 11.8 Å². The molecule has 0 spiro atoms. The van der Waals surface area contributed by atoms with E-state index in [0.29, 0.717) is 5.92 Å². The molecule has 3 atom stereocenters. The summed E-state index contributed by atoms with van der Waals surface area (Å²) in [6, 6.07) is 0. The van der Waals surface area contributed by atoms with Gasteiger partial charge >= 0.3 is 5.97 Å². The van der Waals surface area contributed by atoms with Gasteiger partial charge in [-0.2, -0.15) is 0 Å². The molecule has 1 aliphatic rings. The van der Waals surface area contributed by atoms with E-state index >= 15 is 0 Å². The highest BCUT2D eigenvalue weighted by Gasteiger charge is 2.29. The maximum atomic E-state index is 10.8. The highest BCUT2D eigenvalue weighted by atomic mass is 16.5. The van der Waals surface area contributed by atoms with Gasteiger partial charge in [0.1, 0.15) is 0 Å². The smallest absolute Gasteiger partial charge is 0.306 e. The van der Waals surface area contributed by atoms with Crippen LogP contribution in [0.15, 0.2) is 0 Å². The average molecular weight is 186 g/mol. The average Bonchev–Trinajstić information content (AvgIpc) is 2.16. The van der Waals surface area contributed by atoms with Crippen molar-refractivity contribution in [2.75, 3.05) is 6.61 Å². The van der Waals surface area contributed by atoms with E-state index in [1.807, 2.05) is 0 Å². The monoisotopic (exact) mass is 186 g/mol. The molecule has 1 aliphatic heterocycles. The highest BCUT2D eigenvalue weighted by molar-refractivity contribution is 5.69. The summed E-state index contributed by atoms with van der Waals surface area (Å²) in [4.78, 5) is 10.8. The van der Waals surface area contributed by atoms with Crippen molar-refractivity contribution >= 4 is 5.97 Å². The first-order chi connectivity index (χ1) is 6.15. The zero-order valence-electron chi connectivity index (χ0n) is 8.32. The zero-order valence-corrected chi connectivity index (χ0v) is 8.32. The van der Waals surface area contributed by atoms with Gasteiger partial charge in [0, 0.05) is 6.61 Å². The lowest BCUT2D eigenvalue weighted by atomic mass is 9.84. The number of hydrogen-bond donors (Lipinski definition) is 1. The summed E-state index contributed by atoms with van der Waals surface area (Å²) >= 11 is 0. The summed E-state index contributed by atoms with van der Waals surface area (Å²) < 4.78 is 5.49. The Kier molecular flexibility index (Phi) is 3.72. The van der Waals surface area contributed by atoms with Gasteiger partial charge < -0.3 is 9.84 Å². The van der Waals surface area contributed by atoms with Gasteiger partial charge in [-0.1, -0.05) is 13.8 Å². The minimum Gasteiger partial charge on any atom is -0.481 e. The summed E-state index contributed by atoms with van der Waals surface area (Å²) in [5.74, 6) is -0.601. The third-order valence-electron chi connectivity index (χ3n) is 2.96. The molecular formula is C10H18O3. The molecule has 3 heteroatoms. The van der Waals surface area contributed by atoms with Crippen molar-refractivity contribution in [1.29, 1.82) is 0 Å². The first kappa shape index (κ1) is 10.5. The Balaban J connectivity index is 2.46. The second-order valence-corrected chi connectivity index (χ2v) is 3.81. The molecule has 0 radical (unpaired) electrons. The molecule has 3 nitrogen and oxygen atoms in total. The Bertz CT molecular complexity index is 179. The molecule has 1 N–H and O–H groups in total. The lowest BCUT2D eigenvalue weighted by molar-refractivity contribution is -0.145. The lowest BCUT2D eigenvalue weighted by Gasteiger charge is -2.31. The predicted molar refractivity (Wildman–Crippen MR) is 49.6 cm³/mol. The fourth-order valence-electron chi connectivity index (χ4n) is 1.85. The Morgan fingerprint density at radius 1 is 1.69 bits per heavy atom. The number of hydrogen-bond acceptors (Lipinski definition) is 2. The van der Waals surface area contributed by atoms with Gasteiger partial charge in [-0.25, -0.2) is 0 Å². The number of aliphatic carboxylic acids is 1. The number of rotatable bonds is 3. The largest absolute Gasteiger partial charge is 0.481 e. The third-order valence-corrected chi connectivity index (χ3v) is 2.96. The molecule has 0 bridgehead atoms. The normalized spacial score (nSPS) is 31.2. The van der Waals surface area contributed by atoms with Crippen LogP contribution in [-0.4, -0.2) is 23.8 Å². The maximum absolute atomic E-state index is 10.8. The van der Waals surface area contributed by atoms with Gasteiger partial charge in [0.05, 0.1) is 12.0 Å². The number of ether oxygens (including phenoxy) is 1. The van der Waals surface area contributed by atoms with E-state index < -0.39 is 5.97 Å². The van der Waals surface area contributed by atoms with Crippen LogP contribution in [0.25, 0.3) is 0 Å². The van der Waals surface area contributed by atoms with Crippen molar-refractivity contribution in [2.45, 2.75) is 39.2 Å². The van der Waals surface area contributed by atoms with E-state index in [4.69, 9.17) is 9.84 Å². The molecule has 0 aromatic carbocycles. The summed E-state index contributed by atoms with van der Waals surface area (Å²) in [6.07, 6.45) is 3.07. The number of carboxylic acids is 1. The first-order valence-corrected chi connectivity index (χ1v) is 4.99. The van der Waals surface area contributed by atoms with Crippen LogP contribution in [0.1, 0.15) is 33.1 Å². The standard InChI is InChI=1S/C10H18O3/c1-3-9-6-8(4-5-13-9)7(2)10(11)12/h7-9H,3-6H2,1-2H3,(H,11,12). The van der Waals surface area contributed by atoms with Crippen LogP contribution in [0.4, 0.5) is 0 Å². The molecule has 0 aromatic heterocycles. The van der Waals surface area contributed by atoms with Crippen LogP contribution in [-0.2, 0) is 9.53 Å². The van der Waals surface area contributed by atoms with Gasteiger partial charge in [0.2, 0.25) is 0 Å². The Labute approximate surface area is 79.1 Å². The van der Waals surface area contributed by atoms with E-state index in [1.165, 1.54) is 0 Å². The molecule has 0 amide bonds. The molecule has 76 valence electrons. The molecule has 0 aromatic rings. The van der Waals surface area contributed by atoms with Gasteiger partial charge in [0.25, 0.3) is 0 Å². The predicted octanol–water partition coefficient (Wildman–Crippen LogP) is 1.91. The molecule has 3 unspecified atom stereocenters. The van der Waals surface area contributed by atoms with Crippen molar-refractivity contribution in [3.8, 4) is 0 Å². The van der Waals surface area contributed by atoms with Crippen molar-refractivity contribution in [3.05, 3.63) is 0 Å². The van der Waals surface area contributed by atoms with Crippen molar-refractivity contribution < 1.29 is 14.6 Å². The summed E-state index contributed by atoms with van der Waals surface area (Å²) in [7, 11) is 0. The molecule has 13 heavy (non-hydrogen) atoms. The SMILES string of the molecule is CCC1CC(C(C)C(=O)O)CCO1. The van der Waals surface area contributed by atoms with Gasteiger partial charge in [-0.05, 0) is 25.2 Å². The van der Waals surface area contributed by atoms with Gasteiger partial charge in [-0.15, -0.1) is 0 Å². The highest BCUT2D eigenvalue weighted by Crippen LogP contribution is 2.28. The van der Waals surface area contributed by atoms with E-state index in [0.717, 1.165) is 25.9 Å². The number of carboxylic acid groups (broad SMARTS) is 1. The molecule has 1 heterocycles. The van der Waals surface area contributed by atoms with Crippen LogP contribution in [0.5, 0.6) is 0 Å². The second kappa shape index (κ2) is 4.61. The Morgan fingerprint density at radius 3 is 2.92 bits per heavy atom. The molecule has 0 saturated carbocycles. The van der Waals surface area contributed by atoms with E-state index in [-0.39, 0.29) is 12.0 Å². The third kappa shape index (κ3) is 2.69. The van der Waals surface area contributed by atoms with Crippen LogP contribution >= 0.6 is 0 Å². The molecule has 0 aliphatic carbocycles. The summed E-state index contributed by atoms with van der Waals surface area (Å²) in [5, 5.41) is 8.85. The first-order valence-electron chi connectivity index (χ1n) is 4.99. The Morgan fingerprint density at radius 2 is 2.38 bits per heavy atom. The number of carbonyl (C=O) groups is 1. The molecular weight excluding hydrogens is 168 g/mol. The van der Waals surface area contributed by atoms with Crippen molar-refractivity contribution in [2.24, 2.45) is 11.8 Å². The van der Waals surface area contributed by atoms with Crippen LogP contribution in [0.3, 0.4) is 0 Å². The van der Waals surface area contributed by atoms with Crippen LogP contribution < -0.4 is 0 Å². The van der Waals surface area contributed by atoms with Crippen molar-refractivity contribution in [1.82, 2.24) is 0 Å². The second-order valence-electron chi connectivity index (χ2n) is 3.81. The van der Waals surface area contributed by atoms with Crippen LogP contribution in [0.2, 0.25) is 0 Å².